The lowest BCUT2D eigenvalue weighted by Crippen LogP contribution is -2.14. The highest BCUT2D eigenvalue weighted by molar-refractivity contribution is 9.10. The van der Waals surface area contributed by atoms with Gasteiger partial charge in [0, 0.05) is 4.47 Å². The van der Waals surface area contributed by atoms with Crippen molar-refractivity contribution in [2.45, 2.75) is 11.5 Å². The molecule has 116 valence electrons. The largest absolute Gasteiger partial charge is 0.457 e. The average Bonchev–Trinajstić information content (AvgIpc) is 2.44. The van der Waals surface area contributed by atoms with Crippen molar-refractivity contribution >= 4 is 31.9 Å². The van der Waals surface area contributed by atoms with E-state index in [1.54, 1.807) is 24.3 Å². The SMILES string of the molecule is NS(=O)(=O)c1ccc(F)c(C(=O)OCc2cccc(Br)c2)c1. The van der Waals surface area contributed by atoms with Gasteiger partial charge in [0.2, 0.25) is 10.0 Å². The van der Waals surface area contributed by atoms with Gasteiger partial charge < -0.3 is 4.74 Å². The molecule has 22 heavy (non-hydrogen) atoms. The number of ether oxygens (including phenoxy) is 1. The number of carbonyl (C=O) groups excluding carboxylic acids is 1. The maximum Gasteiger partial charge on any atom is 0.341 e. The number of nitrogens with two attached hydrogens (primary N) is 1. The Bertz CT molecular complexity index is 823. The van der Waals surface area contributed by atoms with Crippen LogP contribution in [0.15, 0.2) is 51.8 Å². The van der Waals surface area contributed by atoms with E-state index in [0.717, 1.165) is 22.7 Å². The second kappa shape index (κ2) is 6.55. The molecule has 0 fully saturated rings. The van der Waals surface area contributed by atoms with Gasteiger partial charge in [0.15, 0.2) is 0 Å². The van der Waals surface area contributed by atoms with Crippen LogP contribution in [0.3, 0.4) is 0 Å². The average molecular weight is 388 g/mol. The van der Waals surface area contributed by atoms with E-state index in [2.05, 4.69) is 15.9 Å². The van der Waals surface area contributed by atoms with Crippen LogP contribution in [0.2, 0.25) is 0 Å². The molecule has 0 amide bonds. The quantitative estimate of drug-likeness (QED) is 0.816. The molecule has 2 rings (SSSR count). The minimum Gasteiger partial charge on any atom is -0.457 e. The predicted octanol–water partition coefficient (Wildman–Crippen LogP) is 2.59. The van der Waals surface area contributed by atoms with Crippen molar-refractivity contribution in [3.8, 4) is 0 Å². The topological polar surface area (TPSA) is 86.5 Å². The number of carbonyl (C=O) groups is 1. The number of primary sulfonamides is 1. The molecule has 0 aromatic heterocycles. The lowest BCUT2D eigenvalue weighted by atomic mass is 10.2. The normalized spacial score (nSPS) is 11.2. The molecule has 0 aliphatic heterocycles. The van der Waals surface area contributed by atoms with Gasteiger partial charge in [-0.15, -0.1) is 0 Å². The summed E-state index contributed by atoms with van der Waals surface area (Å²) in [4.78, 5) is 11.5. The first-order valence-corrected chi connectivity index (χ1v) is 8.35. The van der Waals surface area contributed by atoms with E-state index in [1.807, 2.05) is 0 Å². The van der Waals surface area contributed by atoms with Crippen LogP contribution < -0.4 is 5.14 Å². The van der Waals surface area contributed by atoms with Crippen LogP contribution in [0.25, 0.3) is 0 Å². The van der Waals surface area contributed by atoms with Crippen molar-refractivity contribution in [1.29, 1.82) is 0 Å². The van der Waals surface area contributed by atoms with Gasteiger partial charge in [-0.3, -0.25) is 0 Å². The Labute approximate surface area is 135 Å². The summed E-state index contributed by atoms with van der Waals surface area (Å²) in [6.07, 6.45) is 0. The molecule has 0 unspecified atom stereocenters. The first-order valence-electron chi connectivity index (χ1n) is 6.01. The maximum absolute atomic E-state index is 13.7. The zero-order valence-electron chi connectivity index (χ0n) is 11.1. The smallest absolute Gasteiger partial charge is 0.341 e. The van der Waals surface area contributed by atoms with E-state index >= 15 is 0 Å². The Morgan fingerprint density at radius 1 is 1.23 bits per heavy atom. The third-order valence-corrected chi connectivity index (χ3v) is 4.15. The van der Waals surface area contributed by atoms with E-state index in [-0.39, 0.29) is 11.5 Å². The molecular formula is C14H11BrFNO4S. The van der Waals surface area contributed by atoms with Crippen LogP contribution in [0.5, 0.6) is 0 Å². The number of esters is 1. The monoisotopic (exact) mass is 387 g/mol. The number of benzene rings is 2. The molecule has 2 aromatic rings. The van der Waals surface area contributed by atoms with Crippen LogP contribution in [-0.2, 0) is 21.4 Å². The Morgan fingerprint density at radius 3 is 2.59 bits per heavy atom. The minimum atomic E-state index is -4.03. The highest BCUT2D eigenvalue weighted by Gasteiger charge is 2.18. The van der Waals surface area contributed by atoms with Crippen LogP contribution in [0.4, 0.5) is 4.39 Å². The fourth-order valence-corrected chi connectivity index (χ4v) is 2.68. The molecule has 0 aliphatic rings. The zero-order chi connectivity index (χ0) is 16.3. The van der Waals surface area contributed by atoms with E-state index in [4.69, 9.17) is 9.88 Å². The Hall–Kier alpha value is -1.77. The van der Waals surface area contributed by atoms with Gasteiger partial charge in [-0.2, -0.15) is 0 Å². The molecule has 2 N–H and O–H groups in total. The van der Waals surface area contributed by atoms with Gasteiger partial charge in [0.25, 0.3) is 0 Å². The summed E-state index contributed by atoms with van der Waals surface area (Å²) < 4.78 is 41.9. The minimum absolute atomic E-state index is 0.0721. The Balaban J connectivity index is 2.19. The number of hydrogen-bond donors (Lipinski definition) is 1. The van der Waals surface area contributed by atoms with Crippen molar-refractivity contribution < 1.29 is 22.3 Å². The highest BCUT2D eigenvalue weighted by Crippen LogP contribution is 2.17. The molecule has 8 heteroatoms. The Kier molecular flexibility index (Phi) is 4.94. The maximum atomic E-state index is 13.7. The molecule has 0 aliphatic carbocycles. The molecule has 0 saturated carbocycles. The van der Waals surface area contributed by atoms with E-state index in [1.165, 1.54) is 0 Å². The van der Waals surface area contributed by atoms with Crippen molar-refractivity contribution in [3.05, 3.63) is 63.9 Å². The summed E-state index contributed by atoms with van der Waals surface area (Å²) in [5, 5.41) is 4.95. The first kappa shape index (κ1) is 16.6. The summed E-state index contributed by atoms with van der Waals surface area (Å²) >= 11 is 3.28. The molecule has 0 radical (unpaired) electrons. The first-order chi connectivity index (χ1) is 10.3. The third kappa shape index (κ3) is 4.12. The van der Waals surface area contributed by atoms with Crippen LogP contribution in [0.1, 0.15) is 15.9 Å². The van der Waals surface area contributed by atoms with Crippen molar-refractivity contribution in [1.82, 2.24) is 0 Å². The molecule has 0 heterocycles. The molecule has 5 nitrogen and oxygen atoms in total. The zero-order valence-corrected chi connectivity index (χ0v) is 13.5. The van der Waals surface area contributed by atoms with E-state index in [9.17, 15) is 17.6 Å². The summed E-state index contributed by atoms with van der Waals surface area (Å²) in [5.41, 5.74) is 0.215. The van der Waals surface area contributed by atoms with Gasteiger partial charge in [-0.25, -0.2) is 22.7 Å². The molecular weight excluding hydrogens is 377 g/mol. The molecule has 0 bridgehead atoms. The van der Waals surface area contributed by atoms with E-state index < -0.39 is 27.4 Å². The van der Waals surface area contributed by atoms with Gasteiger partial charge in [-0.1, -0.05) is 28.1 Å². The van der Waals surface area contributed by atoms with Crippen LogP contribution >= 0.6 is 15.9 Å². The van der Waals surface area contributed by atoms with Crippen molar-refractivity contribution in [2.24, 2.45) is 5.14 Å². The predicted molar refractivity (Wildman–Crippen MR) is 81.0 cm³/mol. The van der Waals surface area contributed by atoms with Gasteiger partial charge >= 0.3 is 5.97 Å². The van der Waals surface area contributed by atoms with Gasteiger partial charge in [-0.05, 0) is 35.9 Å². The van der Waals surface area contributed by atoms with Crippen LogP contribution in [-0.4, -0.2) is 14.4 Å². The van der Waals surface area contributed by atoms with Gasteiger partial charge in [0.1, 0.15) is 12.4 Å². The second-order valence-corrected chi connectivity index (χ2v) is 6.87. The molecule has 0 saturated heterocycles. The highest BCUT2D eigenvalue weighted by atomic mass is 79.9. The summed E-state index contributed by atoms with van der Waals surface area (Å²) in [6.45, 7) is -0.0721. The fraction of sp³-hybridized carbons (Fsp3) is 0.0714. The van der Waals surface area contributed by atoms with Crippen molar-refractivity contribution in [3.63, 3.8) is 0 Å². The molecule has 0 atom stereocenters. The third-order valence-electron chi connectivity index (χ3n) is 2.75. The van der Waals surface area contributed by atoms with E-state index in [0.29, 0.717) is 5.56 Å². The lowest BCUT2D eigenvalue weighted by molar-refractivity contribution is 0.0467. The standard InChI is InChI=1S/C14H11BrFNO4S/c15-10-3-1-2-9(6-10)8-21-14(18)12-7-11(22(17,19)20)4-5-13(12)16/h1-7H,8H2,(H2,17,19,20). The second-order valence-electron chi connectivity index (χ2n) is 4.39. The number of halogens is 2. The summed E-state index contributed by atoms with van der Waals surface area (Å²) in [7, 11) is -4.03. The van der Waals surface area contributed by atoms with Gasteiger partial charge in [0.05, 0.1) is 10.5 Å². The van der Waals surface area contributed by atoms with Crippen LogP contribution in [0, 0.1) is 5.82 Å². The number of hydrogen-bond acceptors (Lipinski definition) is 4. The number of rotatable bonds is 4. The lowest BCUT2D eigenvalue weighted by Gasteiger charge is -2.07. The number of sulfonamides is 1. The Morgan fingerprint density at radius 2 is 1.95 bits per heavy atom. The summed E-state index contributed by atoms with van der Waals surface area (Å²) in [5.74, 6) is -1.85. The summed E-state index contributed by atoms with van der Waals surface area (Å²) in [6, 6.07) is 9.73. The fourth-order valence-electron chi connectivity index (χ4n) is 1.69. The molecule has 2 aromatic carbocycles. The van der Waals surface area contributed by atoms with Crippen molar-refractivity contribution in [2.75, 3.05) is 0 Å². The molecule has 0 spiro atoms.